The summed E-state index contributed by atoms with van der Waals surface area (Å²) >= 11 is 6.19. The van der Waals surface area contributed by atoms with Gasteiger partial charge in [-0.1, -0.05) is 35.9 Å². The Balaban J connectivity index is 1.62. The Hall–Kier alpha value is -3.04. The van der Waals surface area contributed by atoms with Crippen molar-refractivity contribution in [2.24, 2.45) is 0 Å². The van der Waals surface area contributed by atoms with Crippen molar-refractivity contribution in [1.29, 1.82) is 5.26 Å². The molecule has 5 nitrogen and oxygen atoms in total. The topological polar surface area (TPSA) is 59.7 Å². The summed E-state index contributed by atoms with van der Waals surface area (Å²) < 4.78 is 5.55. The van der Waals surface area contributed by atoms with E-state index in [2.05, 4.69) is 66.1 Å². The highest BCUT2D eigenvalue weighted by Gasteiger charge is 2.35. The van der Waals surface area contributed by atoms with Gasteiger partial charge in [0.1, 0.15) is 12.4 Å². The number of anilines is 1. The molecule has 0 spiro atoms. The van der Waals surface area contributed by atoms with Crippen LogP contribution >= 0.6 is 11.6 Å². The van der Waals surface area contributed by atoms with Gasteiger partial charge in [-0.05, 0) is 73.5 Å². The number of aliphatic hydroxyl groups excluding tert-OH is 1. The number of ether oxygens (including phenoxy) is 1. The number of nitriles is 1. The van der Waals surface area contributed by atoms with Crippen molar-refractivity contribution in [3.63, 3.8) is 0 Å². The second-order valence-electron chi connectivity index (χ2n) is 8.74. The van der Waals surface area contributed by atoms with E-state index in [4.69, 9.17) is 26.7 Å². The summed E-state index contributed by atoms with van der Waals surface area (Å²) in [6.07, 6.45) is 0. The fraction of sp³-hybridized carbons (Fsp3) is 0.321. The van der Waals surface area contributed by atoms with Crippen LogP contribution in [0.4, 0.5) is 5.69 Å². The molecule has 0 saturated carbocycles. The Morgan fingerprint density at radius 1 is 1.03 bits per heavy atom. The SMILES string of the molecule is CC(c1ccc(C#N)cc1)N1C[C@@H](c2ccc(Cl)cc2)N(c2ccc(OCCO)cc2)C[C@H]1C. The predicted octanol–water partition coefficient (Wildman–Crippen LogP) is 5.60. The normalized spacial score (nSPS) is 19.4. The molecular weight excluding hydrogens is 446 g/mol. The van der Waals surface area contributed by atoms with Gasteiger partial charge < -0.3 is 14.7 Å². The zero-order valence-corrected chi connectivity index (χ0v) is 20.3. The first kappa shape index (κ1) is 24.1. The Morgan fingerprint density at radius 3 is 2.32 bits per heavy atom. The highest BCUT2D eigenvalue weighted by molar-refractivity contribution is 6.30. The van der Waals surface area contributed by atoms with Gasteiger partial charge in [0, 0.05) is 35.9 Å². The predicted molar refractivity (Wildman–Crippen MR) is 136 cm³/mol. The highest BCUT2D eigenvalue weighted by atomic mass is 35.5. The molecule has 0 aromatic heterocycles. The molecule has 176 valence electrons. The Kier molecular flexibility index (Phi) is 7.74. The lowest BCUT2D eigenvalue weighted by molar-refractivity contribution is 0.115. The van der Waals surface area contributed by atoms with Crippen molar-refractivity contribution in [3.05, 3.63) is 94.5 Å². The number of aliphatic hydroxyl groups is 1. The lowest BCUT2D eigenvalue weighted by atomic mass is 9.95. The van der Waals surface area contributed by atoms with Crippen LogP contribution < -0.4 is 9.64 Å². The molecule has 0 aliphatic carbocycles. The average molecular weight is 476 g/mol. The molecule has 6 heteroatoms. The van der Waals surface area contributed by atoms with Gasteiger partial charge in [0.05, 0.1) is 24.3 Å². The van der Waals surface area contributed by atoms with Crippen LogP contribution in [0.1, 0.15) is 42.6 Å². The van der Waals surface area contributed by atoms with Crippen molar-refractivity contribution < 1.29 is 9.84 Å². The monoisotopic (exact) mass is 475 g/mol. The zero-order chi connectivity index (χ0) is 24.1. The van der Waals surface area contributed by atoms with E-state index in [-0.39, 0.29) is 25.3 Å². The van der Waals surface area contributed by atoms with Gasteiger partial charge in [-0.3, -0.25) is 4.90 Å². The number of piperazine rings is 1. The van der Waals surface area contributed by atoms with Gasteiger partial charge in [0.25, 0.3) is 0 Å². The van der Waals surface area contributed by atoms with E-state index in [1.165, 1.54) is 11.1 Å². The zero-order valence-electron chi connectivity index (χ0n) is 19.6. The number of hydrogen-bond donors (Lipinski definition) is 1. The summed E-state index contributed by atoms with van der Waals surface area (Å²) in [5.41, 5.74) is 4.24. The number of hydrogen-bond acceptors (Lipinski definition) is 5. The van der Waals surface area contributed by atoms with E-state index in [1.54, 1.807) is 0 Å². The summed E-state index contributed by atoms with van der Waals surface area (Å²) in [7, 11) is 0. The van der Waals surface area contributed by atoms with Crippen molar-refractivity contribution >= 4 is 17.3 Å². The second kappa shape index (κ2) is 10.9. The minimum absolute atomic E-state index is 0.00269. The molecule has 3 atom stereocenters. The molecule has 1 saturated heterocycles. The quantitative estimate of drug-likeness (QED) is 0.482. The van der Waals surface area contributed by atoms with Crippen LogP contribution in [0, 0.1) is 11.3 Å². The molecular formula is C28H30ClN3O2. The maximum atomic E-state index is 9.14. The van der Waals surface area contributed by atoms with Crippen LogP contribution in [-0.2, 0) is 0 Å². The van der Waals surface area contributed by atoms with Crippen LogP contribution in [0.15, 0.2) is 72.8 Å². The minimum Gasteiger partial charge on any atom is -0.491 e. The molecule has 3 aromatic rings. The standard InChI is InChI=1S/C28H30ClN3O2/c1-20-18-32(26-11-13-27(14-12-26)34-16-15-33)28(24-7-9-25(29)10-8-24)19-31(20)21(2)23-5-3-22(17-30)4-6-23/h3-14,20-21,28,33H,15-16,18-19H2,1-2H3/t20-,21?,28+/m1/s1. The average Bonchev–Trinajstić information content (AvgIpc) is 2.88. The van der Waals surface area contributed by atoms with Crippen LogP contribution in [0.3, 0.4) is 0 Å². The van der Waals surface area contributed by atoms with Crippen molar-refractivity contribution in [1.82, 2.24) is 4.90 Å². The lowest BCUT2D eigenvalue weighted by Crippen LogP contribution is -2.54. The molecule has 4 rings (SSSR count). The van der Waals surface area contributed by atoms with Gasteiger partial charge in [0.2, 0.25) is 0 Å². The summed E-state index contributed by atoms with van der Waals surface area (Å²) in [6.45, 7) is 6.51. The van der Waals surface area contributed by atoms with E-state index in [0.717, 1.165) is 29.5 Å². The molecule has 1 aliphatic rings. The first-order valence-corrected chi connectivity index (χ1v) is 12.0. The van der Waals surface area contributed by atoms with Crippen molar-refractivity contribution in [3.8, 4) is 11.8 Å². The molecule has 1 aliphatic heterocycles. The Morgan fingerprint density at radius 2 is 1.71 bits per heavy atom. The number of rotatable bonds is 7. The fourth-order valence-electron chi connectivity index (χ4n) is 4.72. The van der Waals surface area contributed by atoms with Gasteiger partial charge in [-0.15, -0.1) is 0 Å². The Bertz CT molecular complexity index is 1110. The van der Waals surface area contributed by atoms with E-state index >= 15 is 0 Å². The number of benzene rings is 3. The van der Waals surface area contributed by atoms with Gasteiger partial charge in [-0.25, -0.2) is 0 Å². The fourth-order valence-corrected chi connectivity index (χ4v) is 4.84. The second-order valence-corrected chi connectivity index (χ2v) is 9.18. The minimum atomic E-state index is -0.00269. The van der Waals surface area contributed by atoms with E-state index in [0.29, 0.717) is 11.6 Å². The van der Waals surface area contributed by atoms with E-state index < -0.39 is 0 Å². The first-order valence-electron chi connectivity index (χ1n) is 11.6. The van der Waals surface area contributed by atoms with Crippen LogP contribution in [-0.4, -0.2) is 42.4 Å². The molecule has 1 N–H and O–H groups in total. The molecule has 0 bridgehead atoms. The molecule has 0 radical (unpaired) electrons. The van der Waals surface area contributed by atoms with Gasteiger partial charge in [0.15, 0.2) is 0 Å². The number of nitrogens with zero attached hydrogens (tertiary/aromatic N) is 3. The molecule has 0 amide bonds. The van der Waals surface area contributed by atoms with Crippen LogP contribution in [0.2, 0.25) is 5.02 Å². The van der Waals surface area contributed by atoms with E-state index in [9.17, 15) is 0 Å². The molecule has 1 heterocycles. The van der Waals surface area contributed by atoms with Crippen molar-refractivity contribution in [2.45, 2.75) is 32.0 Å². The van der Waals surface area contributed by atoms with Crippen LogP contribution in [0.25, 0.3) is 0 Å². The Labute approximate surface area is 206 Å². The van der Waals surface area contributed by atoms with Gasteiger partial charge >= 0.3 is 0 Å². The summed E-state index contributed by atoms with van der Waals surface area (Å²) in [6, 6.07) is 27.0. The third-order valence-electron chi connectivity index (χ3n) is 6.59. The molecule has 3 aromatic carbocycles. The third kappa shape index (κ3) is 5.37. The molecule has 34 heavy (non-hydrogen) atoms. The lowest BCUT2D eigenvalue weighted by Gasteiger charge is -2.49. The maximum Gasteiger partial charge on any atom is 0.119 e. The summed E-state index contributed by atoms with van der Waals surface area (Å²) in [4.78, 5) is 4.99. The smallest absolute Gasteiger partial charge is 0.119 e. The van der Waals surface area contributed by atoms with E-state index in [1.807, 2.05) is 36.4 Å². The molecule has 1 unspecified atom stereocenters. The van der Waals surface area contributed by atoms with Gasteiger partial charge in [-0.2, -0.15) is 5.26 Å². The summed E-state index contributed by atoms with van der Waals surface area (Å²) in [5, 5.41) is 18.9. The summed E-state index contributed by atoms with van der Waals surface area (Å²) in [5.74, 6) is 0.752. The maximum absolute atomic E-state index is 9.14. The number of halogens is 1. The third-order valence-corrected chi connectivity index (χ3v) is 6.84. The van der Waals surface area contributed by atoms with Crippen molar-refractivity contribution in [2.75, 3.05) is 31.2 Å². The first-order chi connectivity index (χ1) is 16.5. The largest absolute Gasteiger partial charge is 0.491 e. The highest BCUT2D eigenvalue weighted by Crippen LogP contribution is 2.37. The van der Waals surface area contributed by atoms with Crippen LogP contribution in [0.5, 0.6) is 5.75 Å². The molecule has 1 fully saturated rings.